The van der Waals surface area contributed by atoms with E-state index in [1.54, 1.807) is 0 Å². The van der Waals surface area contributed by atoms with E-state index in [1.165, 1.54) is 36.8 Å². The molecule has 0 amide bonds. The van der Waals surface area contributed by atoms with Crippen LogP contribution in [0.4, 0.5) is 0 Å². The third kappa shape index (κ3) is 3.11. The summed E-state index contributed by atoms with van der Waals surface area (Å²) in [4.78, 5) is 4.78. The highest BCUT2D eigenvalue weighted by atomic mass is 35.5. The molecule has 0 spiro atoms. The Morgan fingerprint density at radius 1 is 1.29 bits per heavy atom. The number of hydrogen-bond donors (Lipinski definition) is 0. The minimum Gasteiger partial charge on any atom is -0.326 e. The van der Waals surface area contributed by atoms with Gasteiger partial charge in [-0.3, -0.25) is 0 Å². The van der Waals surface area contributed by atoms with Crippen molar-refractivity contribution in [3.63, 3.8) is 0 Å². The van der Waals surface area contributed by atoms with Gasteiger partial charge in [0.2, 0.25) is 0 Å². The normalized spacial score (nSPS) is 24.4. The van der Waals surface area contributed by atoms with Crippen LogP contribution in [0.1, 0.15) is 56.3 Å². The molecule has 1 heterocycles. The fraction of sp³-hybridized carbons (Fsp3) is 0.611. The minimum absolute atomic E-state index is 0.0415. The van der Waals surface area contributed by atoms with E-state index in [0.29, 0.717) is 0 Å². The molecule has 21 heavy (non-hydrogen) atoms. The number of fused-ring (bicyclic) bond motifs is 1. The average molecular weight is 305 g/mol. The molecule has 0 N–H and O–H groups in total. The Labute approximate surface area is 132 Å². The highest BCUT2D eigenvalue weighted by Gasteiger charge is 2.22. The van der Waals surface area contributed by atoms with Crippen LogP contribution in [0.2, 0.25) is 0 Å². The van der Waals surface area contributed by atoms with Crippen molar-refractivity contribution in [2.45, 2.75) is 58.4 Å². The van der Waals surface area contributed by atoms with E-state index < -0.39 is 0 Å². The predicted molar refractivity (Wildman–Crippen MR) is 89.9 cm³/mol. The van der Waals surface area contributed by atoms with Crippen molar-refractivity contribution in [3.05, 3.63) is 29.6 Å². The molecule has 1 aliphatic carbocycles. The Kier molecular flexibility index (Phi) is 4.26. The number of aromatic nitrogens is 2. The quantitative estimate of drug-likeness (QED) is 0.687. The molecule has 0 radical (unpaired) electrons. The number of imidazole rings is 1. The third-order valence-corrected chi connectivity index (χ3v) is 5.06. The Morgan fingerprint density at radius 3 is 2.67 bits per heavy atom. The molecular weight excluding hydrogens is 280 g/mol. The topological polar surface area (TPSA) is 17.8 Å². The van der Waals surface area contributed by atoms with Crippen molar-refractivity contribution >= 4 is 22.6 Å². The van der Waals surface area contributed by atoms with E-state index in [2.05, 4.69) is 36.6 Å². The van der Waals surface area contributed by atoms with Gasteiger partial charge in [0.05, 0.1) is 16.4 Å². The Balaban J connectivity index is 1.93. The first-order chi connectivity index (χ1) is 10.0. The molecule has 2 nitrogen and oxygen atoms in total. The summed E-state index contributed by atoms with van der Waals surface area (Å²) in [6.45, 7) is 7.58. The average Bonchev–Trinajstić information content (AvgIpc) is 2.79. The number of nitrogens with zero attached hydrogens (tertiary/aromatic N) is 2. The number of benzene rings is 1. The lowest BCUT2D eigenvalue weighted by molar-refractivity contribution is 0.265. The van der Waals surface area contributed by atoms with E-state index in [-0.39, 0.29) is 5.38 Å². The lowest BCUT2D eigenvalue weighted by Crippen LogP contribution is -2.19. The molecule has 1 unspecified atom stereocenters. The van der Waals surface area contributed by atoms with E-state index >= 15 is 0 Å². The maximum absolute atomic E-state index is 6.38. The summed E-state index contributed by atoms with van der Waals surface area (Å²) in [5.41, 5.74) is 3.58. The Hall–Kier alpha value is -1.02. The number of alkyl halides is 1. The van der Waals surface area contributed by atoms with Crippen LogP contribution in [0.3, 0.4) is 0 Å². The fourth-order valence-corrected chi connectivity index (χ4v) is 3.69. The van der Waals surface area contributed by atoms with Gasteiger partial charge in [-0.05, 0) is 56.2 Å². The highest BCUT2D eigenvalue weighted by molar-refractivity contribution is 6.20. The van der Waals surface area contributed by atoms with Gasteiger partial charge in [-0.15, -0.1) is 11.6 Å². The van der Waals surface area contributed by atoms with Gasteiger partial charge in [0.15, 0.2) is 0 Å². The fourth-order valence-electron chi connectivity index (χ4n) is 3.52. The van der Waals surface area contributed by atoms with Crippen molar-refractivity contribution in [2.75, 3.05) is 0 Å². The van der Waals surface area contributed by atoms with E-state index in [1.807, 2.05) is 6.92 Å². The molecular formula is C18H25ClN2. The van der Waals surface area contributed by atoms with Crippen LogP contribution in [0.15, 0.2) is 18.2 Å². The monoisotopic (exact) mass is 304 g/mol. The summed E-state index contributed by atoms with van der Waals surface area (Å²) in [5, 5.41) is -0.0415. The van der Waals surface area contributed by atoms with E-state index in [4.69, 9.17) is 16.6 Å². The number of aryl methyl sites for hydroxylation is 1. The van der Waals surface area contributed by atoms with Gasteiger partial charge in [0.25, 0.3) is 0 Å². The van der Waals surface area contributed by atoms with Crippen LogP contribution in [0, 0.1) is 18.8 Å². The zero-order chi connectivity index (χ0) is 15.0. The maximum atomic E-state index is 6.38. The summed E-state index contributed by atoms with van der Waals surface area (Å²) in [7, 11) is 0. The van der Waals surface area contributed by atoms with Crippen molar-refractivity contribution in [1.82, 2.24) is 9.55 Å². The van der Waals surface area contributed by atoms with Crippen LogP contribution < -0.4 is 0 Å². The second kappa shape index (κ2) is 6.00. The predicted octanol–water partition coefficient (Wildman–Crippen LogP) is 5.47. The Morgan fingerprint density at radius 2 is 2.00 bits per heavy atom. The first-order valence-electron chi connectivity index (χ1n) is 8.15. The van der Waals surface area contributed by atoms with Gasteiger partial charge in [0, 0.05) is 6.54 Å². The lowest BCUT2D eigenvalue weighted by atomic mass is 9.83. The summed E-state index contributed by atoms with van der Waals surface area (Å²) in [6.07, 6.45) is 5.40. The van der Waals surface area contributed by atoms with Crippen molar-refractivity contribution < 1.29 is 0 Å². The van der Waals surface area contributed by atoms with E-state index in [9.17, 15) is 0 Å². The van der Waals surface area contributed by atoms with Gasteiger partial charge in [-0.2, -0.15) is 0 Å². The molecule has 1 fully saturated rings. The van der Waals surface area contributed by atoms with E-state index in [0.717, 1.165) is 29.7 Å². The van der Waals surface area contributed by atoms with Gasteiger partial charge < -0.3 is 4.57 Å². The zero-order valence-electron chi connectivity index (χ0n) is 13.3. The second-order valence-electron chi connectivity index (χ2n) is 6.81. The van der Waals surface area contributed by atoms with Crippen LogP contribution in [-0.4, -0.2) is 9.55 Å². The van der Waals surface area contributed by atoms with Crippen LogP contribution >= 0.6 is 11.6 Å². The van der Waals surface area contributed by atoms with Crippen LogP contribution in [0.5, 0.6) is 0 Å². The SMILES string of the molecule is Cc1ccc2c(c1)nc(C(C)Cl)n2CC1CCC(C)CC1. The van der Waals surface area contributed by atoms with Crippen molar-refractivity contribution in [1.29, 1.82) is 0 Å². The van der Waals surface area contributed by atoms with Gasteiger partial charge in [0.1, 0.15) is 5.82 Å². The highest BCUT2D eigenvalue weighted by Crippen LogP contribution is 2.32. The molecule has 114 valence electrons. The molecule has 1 aliphatic rings. The molecule has 0 saturated heterocycles. The summed E-state index contributed by atoms with van der Waals surface area (Å²) in [6, 6.07) is 6.54. The summed E-state index contributed by atoms with van der Waals surface area (Å²) in [5.74, 6) is 2.69. The minimum atomic E-state index is -0.0415. The Bertz CT molecular complexity index is 621. The van der Waals surface area contributed by atoms with Crippen LogP contribution in [-0.2, 0) is 6.54 Å². The first-order valence-corrected chi connectivity index (χ1v) is 8.59. The smallest absolute Gasteiger partial charge is 0.127 e. The largest absolute Gasteiger partial charge is 0.326 e. The van der Waals surface area contributed by atoms with Crippen molar-refractivity contribution in [3.8, 4) is 0 Å². The number of hydrogen-bond acceptors (Lipinski definition) is 1. The molecule has 2 aromatic rings. The van der Waals surface area contributed by atoms with Gasteiger partial charge in [-0.25, -0.2) is 4.98 Å². The summed E-state index contributed by atoms with van der Waals surface area (Å²) >= 11 is 6.38. The number of halogens is 1. The maximum Gasteiger partial charge on any atom is 0.127 e. The molecule has 1 saturated carbocycles. The molecule has 1 aromatic carbocycles. The first kappa shape index (κ1) is 14.9. The lowest BCUT2D eigenvalue weighted by Gasteiger charge is -2.27. The van der Waals surface area contributed by atoms with Gasteiger partial charge in [-0.1, -0.05) is 25.8 Å². The molecule has 3 heteroatoms. The molecule has 1 aromatic heterocycles. The molecule has 0 aliphatic heterocycles. The summed E-state index contributed by atoms with van der Waals surface area (Å²) < 4.78 is 2.37. The second-order valence-corrected chi connectivity index (χ2v) is 7.47. The third-order valence-electron chi connectivity index (χ3n) is 4.87. The van der Waals surface area contributed by atoms with Crippen molar-refractivity contribution in [2.24, 2.45) is 11.8 Å². The molecule has 1 atom stereocenters. The zero-order valence-corrected chi connectivity index (χ0v) is 14.0. The van der Waals surface area contributed by atoms with Gasteiger partial charge >= 0.3 is 0 Å². The standard InChI is InChI=1S/C18H25ClN2/c1-12-4-7-15(8-5-12)11-21-17-9-6-13(2)10-16(17)20-18(21)14(3)19/h6,9-10,12,14-15H,4-5,7-8,11H2,1-3H3. The van der Waals surface area contributed by atoms with Crippen LogP contribution in [0.25, 0.3) is 11.0 Å². The molecule has 0 bridgehead atoms. The molecule has 3 rings (SSSR count). The number of rotatable bonds is 3.